The summed E-state index contributed by atoms with van der Waals surface area (Å²) in [5.41, 5.74) is 8.21. The minimum atomic E-state index is -0.0193. The maximum atomic E-state index is 7.40. The van der Waals surface area contributed by atoms with Gasteiger partial charge in [0.15, 0.2) is 0 Å². The lowest BCUT2D eigenvalue weighted by Crippen LogP contribution is -2.16. The predicted molar refractivity (Wildman–Crippen MR) is 74.5 cm³/mol. The molecule has 0 aliphatic carbocycles. The molecule has 0 bridgehead atoms. The van der Waals surface area contributed by atoms with E-state index >= 15 is 0 Å². The van der Waals surface area contributed by atoms with Crippen LogP contribution in [0.25, 0.3) is 0 Å². The van der Waals surface area contributed by atoms with Crippen molar-refractivity contribution in [3.8, 4) is 0 Å². The van der Waals surface area contributed by atoms with E-state index in [1.54, 1.807) is 6.07 Å². The van der Waals surface area contributed by atoms with Crippen LogP contribution in [-0.4, -0.2) is 17.9 Å². The molecule has 1 aromatic carbocycles. The van der Waals surface area contributed by atoms with Crippen molar-refractivity contribution >= 4 is 17.3 Å². The van der Waals surface area contributed by atoms with Gasteiger partial charge in [0.2, 0.25) is 0 Å². The number of anilines is 2. The number of nitrogens with zero attached hydrogens (tertiary/aromatic N) is 2. The van der Waals surface area contributed by atoms with Gasteiger partial charge in [0.25, 0.3) is 0 Å². The maximum Gasteiger partial charge on any atom is 0.141 e. The zero-order valence-corrected chi connectivity index (χ0v) is 10.5. The predicted octanol–water partition coefficient (Wildman–Crippen LogP) is 2.44. The van der Waals surface area contributed by atoms with Crippen molar-refractivity contribution < 1.29 is 0 Å². The van der Waals surface area contributed by atoms with Crippen molar-refractivity contribution in [1.29, 1.82) is 5.41 Å². The van der Waals surface area contributed by atoms with Crippen molar-refractivity contribution in [1.82, 2.24) is 4.98 Å². The second kappa shape index (κ2) is 4.87. The summed E-state index contributed by atoms with van der Waals surface area (Å²) in [5.74, 6) is 0.751. The molecule has 0 amide bonds. The Labute approximate surface area is 107 Å². The molecule has 3 N–H and O–H groups in total. The molecule has 0 radical (unpaired) electrons. The van der Waals surface area contributed by atoms with Crippen molar-refractivity contribution in [2.24, 2.45) is 5.73 Å². The highest BCUT2D eigenvalue weighted by Gasteiger charge is 2.06. The number of hydrogen-bond donors (Lipinski definition) is 2. The highest BCUT2D eigenvalue weighted by atomic mass is 15.2. The summed E-state index contributed by atoms with van der Waals surface area (Å²) in [7, 11) is 1.94. The summed E-state index contributed by atoms with van der Waals surface area (Å²) < 4.78 is 0. The van der Waals surface area contributed by atoms with E-state index in [1.807, 2.05) is 36.2 Å². The van der Waals surface area contributed by atoms with Crippen molar-refractivity contribution in [3.63, 3.8) is 0 Å². The minimum absolute atomic E-state index is 0.0193. The molecular weight excluding hydrogens is 224 g/mol. The van der Waals surface area contributed by atoms with Gasteiger partial charge in [0.05, 0.1) is 0 Å². The van der Waals surface area contributed by atoms with Gasteiger partial charge in [-0.2, -0.15) is 0 Å². The van der Waals surface area contributed by atoms with Crippen molar-refractivity contribution in [2.75, 3.05) is 11.9 Å². The van der Waals surface area contributed by atoms with Crippen LogP contribution in [-0.2, 0) is 0 Å². The van der Waals surface area contributed by atoms with Crippen LogP contribution >= 0.6 is 0 Å². The molecule has 1 aromatic heterocycles. The molecule has 0 saturated carbocycles. The second-order valence-corrected chi connectivity index (χ2v) is 4.19. The van der Waals surface area contributed by atoms with Crippen LogP contribution in [0.3, 0.4) is 0 Å². The van der Waals surface area contributed by atoms with Crippen LogP contribution in [0, 0.1) is 12.3 Å². The summed E-state index contributed by atoms with van der Waals surface area (Å²) in [6.45, 7) is 2.05. The Kier molecular flexibility index (Phi) is 3.28. The molecule has 18 heavy (non-hydrogen) atoms. The third-order valence-electron chi connectivity index (χ3n) is 2.78. The molecule has 0 saturated heterocycles. The molecule has 0 fully saturated rings. The van der Waals surface area contributed by atoms with Gasteiger partial charge in [0, 0.05) is 12.7 Å². The fraction of sp³-hybridized carbons (Fsp3) is 0.143. The average Bonchev–Trinajstić information content (AvgIpc) is 2.39. The zero-order valence-electron chi connectivity index (χ0n) is 10.5. The maximum absolute atomic E-state index is 7.40. The lowest BCUT2D eigenvalue weighted by atomic mass is 10.2. The number of pyridine rings is 1. The summed E-state index contributed by atoms with van der Waals surface area (Å²) in [4.78, 5) is 6.31. The van der Waals surface area contributed by atoms with E-state index in [0.29, 0.717) is 5.69 Å². The summed E-state index contributed by atoms with van der Waals surface area (Å²) >= 11 is 0. The molecule has 92 valence electrons. The number of nitrogens with one attached hydrogen (secondary N) is 1. The summed E-state index contributed by atoms with van der Waals surface area (Å²) in [6.07, 6.45) is 0. The molecule has 0 aliphatic rings. The number of benzene rings is 1. The fourth-order valence-electron chi connectivity index (χ4n) is 1.66. The summed E-state index contributed by atoms with van der Waals surface area (Å²) in [5, 5.41) is 7.40. The first kappa shape index (κ1) is 12.1. The Bertz CT molecular complexity index is 560. The van der Waals surface area contributed by atoms with E-state index in [9.17, 15) is 0 Å². The number of nitrogen functional groups attached to an aromatic ring is 1. The van der Waals surface area contributed by atoms with E-state index < -0.39 is 0 Å². The van der Waals surface area contributed by atoms with Crippen molar-refractivity contribution in [2.45, 2.75) is 6.92 Å². The topological polar surface area (TPSA) is 66.0 Å². The van der Waals surface area contributed by atoms with E-state index in [4.69, 9.17) is 11.1 Å². The normalized spacial score (nSPS) is 10.1. The van der Waals surface area contributed by atoms with Crippen LogP contribution < -0.4 is 10.6 Å². The van der Waals surface area contributed by atoms with Gasteiger partial charge in [-0.3, -0.25) is 5.41 Å². The number of hydrogen-bond acceptors (Lipinski definition) is 3. The van der Waals surface area contributed by atoms with E-state index in [-0.39, 0.29) is 5.84 Å². The van der Waals surface area contributed by atoms with Gasteiger partial charge in [-0.15, -0.1) is 0 Å². The molecule has 2 aromatic rings. The van der Waals surface area contributed by atoms with Crippen LogP contribution in [0.5, 0.6) is 0 Å². The van der Waals surface area contributed by atoms with E-state index in [2.05, 4.69) is 24.0 Å². The molecular formula is C14H16N4. The first-order valence-electron chi connectivity index (χ1n) is 5.70. The molecule has 0 atom stereocenters. The molecule has 4 nitrogen and oxygen atoms in total. The first-order chi connectivity index (χ1) is 8.58. The number of aromatic nitrogens is 1. The Morgan fingerprint density at radius 2 is 1.83 bits per heavy atom. The monoisotopic (exact) mass is 240 g/mol. The first-order valence-corrected chi connectivity index (χ1v) is 5.70. The quantitative estimate of drug-likeness (QED) is 0.639. The smallest absolute Gasteiger partial charge is 0.141 e. The van der Waals surface area contributed by atoms with Crippen molar-refractivity contribution in [3.05, 3.63) is 53.7 Å². The molecule has 2 rings (SSSR count). The highest BCUT2D eigenvalue weighted by Crippen LogP contribution is 2.21. The number of aryl methyl sites for hydroxylation is 1. The lowest BCUT2D eigenvalue weighted by Gasteiger charge is -2.19. The number of rotatable bonds is 3. The largest absolute Gasteiger partial charge is 0.382 e. The van der Waals surface area contributed by atoms with Gasteiger partial charge in [0.1, 0.15) is 17.3 Å². The Hall–Kier alpha value is -2.36. The molecule has 0 unspecified atom stereocenters. The zero-order chi connectivity index (χ0) is 13.1. The number of amidine groups is 1. The molecule has 0 spiro atoms. The SMILES string of the molecule is Cc1ccc(N(C)c2cccc(C(=N)N)n2)cc1. The third kappa shape index (κ3) is 2.48. The summed E-state index contributed by atoms with van der Waals surface area (Å²) in [6, 6.07) is 13.7. The molecule has 1 heterocycles. The highest BCUT2D eigenvalue weighted by molar-refractivity contribution is 5.93. The lowest BCUT2D eigenvalue weighted by molar-refractivity contribution is 1.11. The Balaban J connectivity index is 2.33. The van der Waals surface area contributed by atoms with Crippen LogP contribution in [0.15, 0.2) is 42.5 Å². The van der Waals surface area contributed by atoms with E-state index in [0.717, 1.165) is 11.5 Å². The Morgan fingerprint density at radius 3 is 2.44 bits per heavy atom. The second-order valence-electron chi connectivity index (χ2n) is 4.19. The third-order valence-corrected chi connectivity index (χ3v) is 2.78. The number of nitrogens with two attached hydrogens (primary N) is 1. The van der Waals surface area contributed by atoms with Gasteiger partial charge in [-0.25, -0.2) is 4.98 Å². The minimum Gasteiger partial charge on any atom is -0.382 e. The molecule has 4 heteroatoms. The van der Waals surface area contributed by atoms with Gasteiger partial charge in [-0.1, -0.05) is 23.8 Å². The van der Waals surface area contributed by atoms with E-state index in [1.165, 1.54) is 5.56 Å². The van der Waals surface area contributed by atoms with Crippen LogP contribution in [0.4, 0.5) is 11.5 Å². The standard InChI is InChI=1S/C14H16N4/c1-10-6-8-11(9-7-10)18(2)13-5-3-4-12(17-13)14(15)16/h3-9H,1-2H3,(H3,15,16). The average molecular weight is 240 g/mol. The van der Waals surface area contributed by atoms with Gasteiger partial charge < -0.3 is 10.6 Å². The molecule has 0 aliphatic heterocycles. The van der Waals surface area contributed by atoms with Gasteiger partial charge >= 0.3 is 0 Å². The van der Waals surface area contributed by atoms with Gasteiger partial charge in [-0.05, 0) is 31.2 Å². The van der Waals surface area contributed by atoms with Crippen LogP contribution in [0.2, 0.25) is 0 Å². The van der Waals surface area contributed by atoms with Crippen LogP contribution in [0.1, 0.15) is 11.3 Å². The Morgan fingerprint density at radius 1 is 1.17 bits per heavy atom. The fourth-order valence-corrected chi connectivity index (χ4v) is 1.66.